The second-order valence-electron chi connectivity index (χ2n) is 7.02. The van der Waals surface area contributed by atoms with E-state index in [2.05, 4.69) is 5.32 Å². The van der Waals surface area contributed by atoms with Crippen molar-refractivity contribution in [3.05, 3.63) is 29.8 Å². The Labute approximate surface area is 165 Å². The zero-order valence-corrected chi connectivity index (χ0v) is 15.3. The molecule has 1 aliphatic heterocycles. The van der Waals surface area contributed by atoms with Gasteiger partial charge in [0, 0.05) is 0 Å². The molecule has 29 heavy (non-hydrogen) atoms. The molecule has 1 aromatic carbocycles. The Hall–Kier alpha value is -2.32. The average molecular weight is 415 g/mol. The molecular weight excluding hydrogens is 390 g/mol. The molecule has 2 rings (SSSR count). The highest BCUT2D eigenvalue weighted by Crippen LogP contribution is 2.28. The molecule has 1 saturated heterocycles. The maximum atomic E-state index is 12.4. The molecular formula is C17H25N3O9. The molecule has 6 atom stereocenters. The van der Waals surface area contributed by atoms with Crippen molar-refractivity contribution < 1.29 is 45.4 Å². The van der Waals surface area contributed by atoms with Gasteiger partial charge in [-0.15, -0.1) is 0 Å². The summed E-state index contributed by atoms with van der Waals surface area (Å²) in [5.74, 6) is -2.54. The zero-order chi connectivity index (χ0) is 21.9. The van der Waals surface area contributed by atoms with Crippen molar-refractivity contribution in [3.63, 3.8) is 0 Å². The van der Waals surface area contributed by atoms with E-state index in [1.165, 1.54) is 24.3 Å². The molecule has 0 spiro atoms. The highest BCUT2D eigenvalue weighted by Gasteiger charge is 2.56. The maximum absolute atomic E-state index is 12.4. The Kier molecular flexibility index (Phi) is 7.13. The van der Waals surface area contributed by atoms with Crippen LogP contribution in [-0.2, 0) is 16.0 Å². The number of aliphatic hydroxyl groups is 4. The number of hydrogen-bond donors (Lipinski definition) is 9. The van der Waals surface area contributed by atoms with Gasteiger partial charge in [-0.3, -0.25) is 4.79 Å². The van der Waals surface area contributed by atoms with E-state index < -0.39 is 61.0 Å². The topological polar surface area (TPSA) is 217 Å². The number of phenolic OH excluding ortho intramolecular Hbond substituents is 1. The monoisotopic (exact) mass is 415 g/mol. The number of hydroxylamine groups is 2. The molecule has 0 unspecified atom stereocenters. The van der Waals surface area contributed by atoms with Crippen LogP contribution in [0.4, 0.5) is 0 Å². The number of rotatable bonds is 7. The van der Waals surface area contributed by atoms with Crippen LogP contribution in [0.1, 0.15) is 5.56 Å². The van der Waals surface area contributed by atoms with Crippen LogP contribution >= 0.6 is 0 Å². The van der Waals surface area contributed by atoms with Crippen LogP contribution < -0.4 is 11.1 Å². The fourth-order valence-electron chi connectivity index (χ4n) is 3.20. The van der Waals surface area contributed by atoms with Gasteiger partial charge in [-0.1, -0.05) is 12.1 Å². The standard InChI is InChI=1S/C17H25N3O9/c18-10(5-8-1-3-9(22)4-2-8)15(25)19-12(16(26)27)13-14(24)17(28,7-21)11(23)6-20(13)29/h1-4,10-14,21-24,28-29H,5-7,18H2,(H,19,25)(H,26,27)/t10-,11-,12-,13-,14-,17-/m0/s1. The maximum Gasteiger partial charge on any atom is 0.328 e. The summed E-state index contributed by atoms with van der Waals surface area (Å²) in [7, 11) is 0. The van der Waals surface area contributed by atoms with Gasteiger partial charge in [0.15, 0.2) is 0 Å². The number of nitrogens with one attached hydrogen (secondary N) is 1. The first-order valence-electron chi connectivity index (χ1n) is 8.72. The number of carboxylic acids is 1. The van der Waals surface area contributed by atoms with Crippen molar-refractivity contribution in [3.8, 4) is 5.75 Å². The number of nitrogens with two attached hydrogens (primary N) is 1. The number of β-amino-alcohol motifs (C(OH)–C–C–N with tert-alkyl or cyclic N) is 1. The molecule has 10 N–H and O–H groups in total. The molecule has 0 aliphatic carbocycles. The van der Waals surface area contributed by atoms with E-state index in [1.807, 2.05) is 0 Å². The van der Waals surface area contributed by atoms with E-state index >= 15 is 0 Å². The summed E-state index contributed by atoms with van der Waals surface area (Å²) in [6.45, 7) is -1.79. The summed E-state index contributed by atoms with van der Waals surface area (Å²) in [5.41, 5.74) is 3.89. The van der Waals surface area contributed by atoms with Crippen molar-refractivity contribution in [1.29, 1.82) is 0 Å². The van der Waals surface area contributed by atoms with E-state index in [9.17, 15) is 45.4 Å². The Morgan fingerprint density at radius 2 is 1.86 bits per heavy atom. The molecule has 0 bridgehead atoms. The largest absolute Gasteiger partial charge is 0.508 e. The molecule has 1 aliphatic rings. The fraction of sp³-hybridized carbons (Fsp3) is 0.529. The first-order valence-corrected chi connectivity index (χ1v) is 8.72. The van der Waals surface area contributed by atoms with E-state index in [4.69, 9.17) is 5.73 Å². The minimum atomic E-state index is -2.50. The van der Waals surface area contributed by atoms with E-state index in [-0.39, 0.29) is 17.2 Å². The number of hydrogen-bond acceptors (Lipinski definition) is 10. The van der Waals surface area contributed by atoms with Gasteiger partial charge in [-0.25, -0.2) is 4.79 Å². The minimum absolute atomic E-state index is 0.00774. The molecule has 0 aromatic heterocycles. The van der Waals surface area contributed by atoms with Crippen molar-refractivity contribution in [2.75, 3.05) is 13.2 Å². The van der Waals surface area contributed by atoms with Crippen LogP contribution in [0.25, 0.3) is 0 Å². The Morgan fingerprint density at radius 3 is 2.38 bits per heavy atom. The van der Waals surface area contributed by atoms with Crippen LogP contribution in [0, 0.1) is 0 Å². The molecule has 162 valence electrons. The van der Waals surface area contributed by atoms with Gasteiger partial charge >= 0.3 is 5.97 Å². The fourth-order valence-corrected chi connectivity index (χ4v) is 3.20. The van der Waals surface area contributed by atoms with Gasteiger partial charge in [-0.2, -0.15) is 5.06 Å². The van der Waals surface area contributed by atoms with E-state index in [0.29, 0.717) is 5.56 Å². The van der Waals surface area contributed by atoms with E-state index in [1.54, 1.807) is 0 Å². The van der Waals surface area contributed by atoms with Crippen LogP contribution in [0.5, 0.6) is 5.75 Å². The van der Waals surface area contributed by atoms with Crippen molar-refractivity contribution in [2.45, 2.75) is 42.4 Å². The predicted octanol–water partition coefficient (Wildman–Crippen LogP) is -3.65. The second kappa shape index (κ2) is 9.00. The lowest BCUT2D eigenvalue weighted by Gasteiger charge is -2.48. The number of piperidine rings is 1. The number of nitrogens with zero attached hydrogens (tertiary/aromatic N) is 1. The number of aromatic hydroxyl groups is 1. The summed E-state index contributed by atoms with van der Waals surface area (Å²) in [6.07, 6.45) is -3.88. The number of amides is 1. The first kappa shape index (κ1) is 23.0. The highest BCUT2D eigenvalue weighted by molar-refractivity contribution is 5.87. The third-order valence-electron chi connectivity index (χ3n) is 5.00. The minimum Gasteiger partial charge on any atom is -0.508 e. The number of phenols is 1. The molecule has 1 aromatic rings. The lowest BCUT2D eigenvalue weighted by molar-refractivity contribution is -0.281. The predicted molar refractivity (Wildman–Crippen MR) is 95.7 cm³/mol. The second-order valence-corrected chi connectivity index (χ2v) is 7.02. The Morgan fingerprint density at radius 1 is 1.28 bits per heavy atom. The van der Waals surface area contributed by atoms with Crippen LogP contribution in [0.3, 0.4) is 0 Å². The molecule has 1 heterocycles. The number of aliphatic carboxylic acids is 1. The van der Waals surface area contributed by atoms with Gasteiger partial charge in [-0.05, 0) is 24.1 Å². The summed E-state index contributed by atoms with van der Waals surface area (Å²) in [6, 6.07) is 0.945. The van der Waals surface area contributed by atoms with Gasteiger partial charge in [0.2, 0.25) is 5.91 Å². The Balaban J connectivity index is 2.16. The number of carboxylic acid groups (broad SMARTS) is 1. The van der Waals surface area contributed by atoms with Gasteiger partial charge in [0.1, 0.15) is 29.6 Å². The summed E-state index contributed by atoms with van der Waals surface area (Å²) in [4.78, 5) is 24.1. The lowest BCUT2D eigenvalue weighted by atomic mass is 9.80. The van der Waals surface area contributed by atoms with Crippen LogP contribution in [0.2, 0.25) is 0 Å². The van der Waals surface area contributed by atoms with Crippen LogP contribution in [0.15, 0.2) is 24.3 Å². The lowest BCUT2D eigenvalue weighted by Crippen LogP contribution is -2.74. The number of carbonyl (C=O) groups is 2. The van der Waals surface area contributed by atoms with Crippen molar-refractivity contribution in [1.82, 2.24) is 10.4 Å². The number of aliphatic hydroxyl groups excluding tert-OH is 3. The van der Waals surface area contributed by atoms with Crippen molar-refractivity contribution in [2.24, 2.45) is 5.73 Å². The van der Waals surface area contributed by atoms with E-state index in [0.717, 1.165) is 0 Å². The normalized spacial score (nSPS) is 29.8. The Bertz CT molecular complexity index is 731. The van der Waals surface area contributed by atoms with Gasteiger partial charge < -0.3 is 46.9 Å². The SMILES string of the molecule is N[C@@H](Cc1ccc(O)cc1)C(=O)N[C@H](C(=O)O)[C@H]1[C@H](O)[C@](O)(CO)[C@@H](O)CN1O. The number of carbonyl (C=O) groups excluding carboxylic acids is 1. The molecule has 1 fully saturated rings. The van der Waals surface area contributed by atoms with Gasteiger partial charge in [0.05, 0.1) is 25.2 Å². The quantitative estimate of drug-likeness (QED) is 0.211. The average Bonchev–Trinajstić information content (AvgIpc) is 2.66. The van der Waals surface area contributed by atoms with Crippen LogP contribution in [-0.4, -0.2) is 102 Å². The molecule has 0 saturated carbocycles. The zero-order valence-electron chi connectivity index (χ0n) is 15.3. The van der Waals surface area contributed by atoms with Crippen molar-refractivity contribution >= 4 is 11.9 Å². The van der Waals surface area contributed by atoms with Gasteiger partial charge in [0.25, 0.3) is 0 Å². The summed E-state index contributed by atoms with van der Waals surface area (Å²) >= 11 is 0. The third kappa shape index (κ3) is 4.82. The number of benzene rings is 1. The summed E-state index contributed by atoms with van der Waals surface area (Å²) in [5, 5.41) is 70.9. The smallest absolute Gasteiger partial charge is 0.328 e. The molecule has 12 nitrogen and oxygen atoms in total. The molecule has 12 heteroatoms. The first-order chi connectivity index (χ1) is 13.5. The third-order valence-corrected chi connectivity index (χ3v) is 5.00. The highest BCUT2D eigenvalue weighted by atomic mass is 16.5. The molecule has 1 amide bonds. The molecule has 0 radical (unpaired) electrons. The summed E-state index contributed by atoms with van der Waals surface area (Å²) < 4.78 is 0.